The third-order valence-corrected chi connectivity index (χ3v) is 3.22. The van der Waals surface area contributed by atoms with Crippen molar-refractivity contribution < 1.29 is 4.79 Å². The van der Waals surface area contributed by atoms with Crippen molar-refractivity contribution in [3.8, 4) is 0 Å². The first-order valence-electron chi connectivity index (χ1n) is 7.00. The zero-order valence-corrected chi connectivity index (χ0v) is 13.2. The first-order valence-corrected chi connectivity index (χ1v) is 7.00. The van der Waals surface area contributed by atoms with Gasteiger partial charge in [-0.1, -0.05) is 32.9 Å². The third kappa shape index (κ3) is 3.88. The molecule has 1 aromatic heterocycles. The van der Waals surface area contributed by atoms with Crippen LogP contribution in [0.15, 0.2) is 30.3 Å². The Bertz CT molecular complexity index is 634. The Kier molecular flexibility index (Phi) is 4.07. The van der Waals surface area contributed by atoms with Crippen molar-refractivity contribution >= 4 is 11.9 Å². The lowest BCUT2D eigenvalue weighted by atomic mass is 9.87. The van der Waals surface area contributed by atoms with Gasteiger partial charge in [0.25, 0.3) is 5.91 Å². The summed E-state index contributed by atoms with van der Waals surface area (Å²) in [5.74, 6) is 0.151. The molecule has 1 heterocycles. The number of nitrogens with zero attached hydrogens (tertiary/aromatic N) is 2. The molecule has 0 aliphatic rings. The molecule has 4 heteroatoms. The number of amides is 1. The number of rotatable bonds is 2. The second kappa shape index (κ2) is 5.64. The molecule has 1 N–H and O–H groups in total. The lowest BCUT2D eigenvalue weighted by molar-refractivity contribution is 0.102. The Labute approximate surface area is 125 Å². The smallest absolute Gasteiger partial charge is 0.258 e. The van der Waals surface area contributed by atoms with Crippen LogP contribution in [0.2, 0.25) is 0 Å². The van der Waals surface area contributed by atoms with E-state index in [1.54, 1.807) is 0 Å². The Hall–Kier alpha value is -2.23. The van der Waals surface area contributed by atoms with Gasteiger partial charge in [0.05, 0.1) is 0 Å². The van der Waals surface area contributed by atoms with Crippen LogP contribution in [0.5, 0.6) is 0 Å². The summed E-state index contributed by atoms with van der Waals surface area (Å²) in [5.41, 5.74) is 3.54. The van der Waals surface area contributed by atoms with E-state index in [-0.39, 0.29) is 11.3 Å². The number of hydrogen-bond acceptors (Lipinski definition) is 3. The molecule has 0 spiro atoms. The summed E-state index contributed by atoms with van der Waals surface area (Å²) in [6.07, 6.45) is 0. The van der Waals surface area contributed by atoms with Gasteiger partial charge in [0.2, 0.25) is 5.95 Å². The zero-order valence-electron chi connectivity index (χ0n) is 13.2. The lowest BCUT2D eigenvalue weighted by Gasteiger charge is -2.19. The molecule has 0 unspecified atom stereocenters. The standard InChI is InChI=1S/C17H21N3O/c1-11-10-12(2)19-16(18-11)20-15(21)13-6-8-14(9-7-13)17(3,4)5/h6-10H,1-5H3,(H,18,19,20,21). The van der Waals surface area contributed by atoms with E-state index in [4.69, 9.17) is 0 Å². The predicted molar refractivity (Wildman–Crippen MR) is 84.6 cm³/mol. The number of nitrogens with one attached hydrogen (secondary N) is 1. The molecule has 0 saturated heterocycles. The summed E-state index contributed by atoms with van der Waals surface area (Å²) >= 11 is 0. The Morgan fingerprint density at radius 1 is 1.00 bits per heavy atom. The quantitative estimate of drug-likeness (QED) is 0.915. The van der Waals surface area contributed by atoms with Crippen LogP contribution < -0.4 is 5.32 Å². The summed E-state index contributed by atoms with van der Waals surface area (Å²) in [7, 11) is 0. The topological polar surface area (TPSA) is 54.9 Å². The summed E-state index contributed by atoms with van der Waals surface area (Å²) in [6, 6.07) is 9.50. The molecule has 0 atom stereocenters. The second-order valence-electron chi connectivity index (χ2n) is 6.26. The van der Waals surface area contributed by atoms with Crippen molar-refractivity contribution in [2.75, 3.05) is 5.32 Å². The Morgan fingerprint density at radius 2 is 1.52 bits per heavy atom. The average Bonchev–Trinajstić information content (AvgIpc) is 2.36. The van der Waals surface area contributed by atoms with Crippen molar-refractivity contribution in [2.24, 2.45) is 0 Å². The predicted octanol–water partition coefficient (Wildman–Crippen LogP) is 3.64. The molecular weight excluding hydrogens is 262 g/mol. The van der Waals surface area contributed by atoms with Gasteiger partial charge in [-0.15, -0.1) is 0 Å². The number of hydrogen-bond donors (Lipinski definition) is 1. The molecule has 0 saturated carbocycles. The normalized spacial score (nSPS) is 11.3. The van der Waals surface area contributed by atoms with E-state index in [0.29, 0.717) is 11.5 Å². The number of aryl methyl sites for hydroxylation is 2. The highest BCUT2D eigenvalue weighted by Crippen LogP contribution is 2.22. The maximum Gasteiger partial charge on any atom is 0.258 e. The lowest BCUT2D eigenvalue weighted by Crippen LogP contribution is -2.16. The highest BCUT2D eigenvalue weighted by Gasteiger charge is 2.14. The minimum Gasteiger partial charge on any atom is -0.290 e. The van der Waals surface area contributed by atoms with Crippen LogP contribution >= 0.6 is 0 Å². The maximum atomic E-state index is 12.2. The van der Waals surface area contributed by atoms with Gasteiger partial charge in [-0.3, -0.25) is 10.1 Å². The van der Waals surface area contributed by atoms with Crippen molar-refractivity contribution in [3.63, 3.8) is 0 Å². The molecule has 4 nitrogen and oxygen atoms in total. The SMILES string of the molecule is Cc1cc(C)nc(NC(=O)c2ccc(C(C)(C)C)cc2)n1. The Balaban J connectivity index is 2.17. The number of carbonyl (C=O) groups excluding carboxylic acids is 1. The fraction of sp³-hybridized carbons (Fsp3) is 0.353. The number of aromatic nitrogens is 2. The summed E-state index contributed by atoms with van der Waals surface area (Å²) in [5, 5.41) is 2.74. The largest absolute Gasteiger partial charge is 0.290 e. The molecule has 0 radical (unpaired) electrons. The maximum absolute atomic E-state index is 12.2. The van der Waals surface area contributed by atoms with Gasteiger partial charge in [0, 0.05) is 17.0 Å². The van der Waals surface area contributed by atoms with Gasteiger partial charge in [0.1, 0.15) is 0 Å². The van der Waals surface area contributed by atoms with Crippen molar-refractivity contribution in [2.45, 2.75) is 40.0 Å². The Morgan fingerprint density at radius 3 is 2.00 bits per heavy atom. The van der Waals surface area contributed by atoms with Gasteiger partial charge >= 0.3 is 0 Å². The fourth-order valence-electron chi connectivity index (χ4n) is 2.08. The van der Waals surface area contributed by atoms with Crippen LogP contribution in [0.25, 0.3) is 0 Å². The van der Waals surface area contributed by atoms with Crippen LogP contribution in [0.3, 0.4) is 0 Å². The van der Waals surface area contributed by atoms with Crippen LogP contribution in [0, 0.1) is 13.8 Å². The van der Waals surface area contributed by atoms with Gasteiger partial charge < -0.3 is 0 Å². The average molecular weight is 283 g/mol. The van der Waals surface area contributed by atoms with E-state index in [0.717, 1.165) is 11.4 Å². The van der Waals surface area contributed by atoms with Crippen LogP contribution in [0.1, 0.15) is 48.1 Å². The molecule has 110 valence electrons. The highest BCUT2D eigenvalue weighted by atomic mass is 16.1. The molecule has 2 rings (SSSR count). The van der Waals surface area contributed by atoms with E-state index in [1.165, 1.54) is 5.56 Å². The third-order valence-electron chi connectivity index (χ3n) is 3.22. The van der Waals surface area contributed by atoms with Crippen LogP contribution in [0.4, 0.5) is 5.95 Å². The fourth-order valence-corrected chi connectivity index (χ4v) is 2.08. The first-order chi connectivity index (χ1) is 9.75. The molecule has 0 bridgehead atoms. The van der Waals surface area contributed by atoms with E-state index < -0.39 is 0 Å². The molecule has 2 aromatic rings. The first kappa shape index (κ1) is 15.2. The second-order valence-corrected chi connectivity index (χ2v) is 6.26. The summed E-state index contributed by atoms with van der Waals surface area (Å²) in [4.78, 5) is 20.6. The van der Waals surface area contributed by atoms with E-state index in [2.05, 4.69) is 36.1 Å². The van der Waals surface area contributed by atoms with E-state index >= 15 is 0 Å². The molecule has 1 aromatic carbocycles. The van der Waals surface area contributed by atoms with Gasteiger partial charge in [-0.2, -0.15) is 0 Å². The van der Waals surface area contributed by atoms with Crippen LogP contribution in [-0.2, 0) is 5.41 Å². The van der Waals surface area contributed by atoms with Gasteiger partial charge in [-0.05, 0) is 43.0 Å². The number of benzene rings is 1. The molecule has 0 aliphatic heterocycles. The minimum absolute atomic E-state index is 0.0752. The number of carbonyl (C=O) groups is 1. The van der Waals surface area contributed by atoms with E-state index in [9.17, 15) is 4.79 Å². The minimum atomic E-state index is -0.194. The molecule has 0 aliphatic carbocycles. The molecule has 21 heavy (non-hydrogen) atoms. The molecule has 1 amide bonds. The van der Waals surface area contributed by atoms with Crippen LogP contribution in [-0.4, -0.2) is 15.9 Å². The summed E-state index contributed by atoms with van der Waals surface area (Å²) in [6.45, 7) is 10.2. The highest BCUT2D eigenvalue weighted by molar-refractivity contribution is 6.03. The summed E-state index contributed by atoms with van der Waals surface area (Å²) < 4.78 is 0. The van der Waals surface area contributed by atoms with Crippen molar-refractivity contribution in [3.05, 3.63) is 52.8 Å². The number of anilines is 1. The van der Waals surface area contributed by atoms with Gasteiger partial charge in [-0.25, -0.2) is 9.97 Å². The molecular formula is C17H21N3O. The van der Waals surface area contributed by atoms with Crippen molar-refractivity contribution in [1.82, 2.24) is 9.97 Å². The monoisotopic (exact) mass is 283 g/mol. The van der Waals surface area contributed by atoms with Crippen molar-refractivity contribution in [1.29, 1.82) is 0 Å². The zero-order chi connectivity index (χ0) is 15.6. The van der Waals surface area contributed by atoms with Gasteiger partial charge in [0.15, 0.2) is 0 Å². The molecule has 0 fully saturated rings. The van der Waals surface area contributed by atoms with E-state index in [1.807, 2.05) is 44.2 Å².